The predicted molar refractivity (Wildman–Crippen MR) is 180 cm³/mol. The molecule has 0 amide bonds. The Morgan fingerprint density at radius 1 is 0.348 bits per heavy atom. The molecule has 0 aromatic carbocycles. The third-order valence-electron chi connectivity index (χ3n) is 8.36. The van der Waals surface area contributed by atoms with Crippen LogP contribution in [0.25, 0.3) is 16.7 Å². The largest absolute Gasteiger partial charge is 0.433 e. The van der Waals surface area contributed by atoms with E-state index in [9.17, 15) is 94.8 Å². The van der Waals surface area contributed by atoms with Gasteiger partial charge in [-0.2, -0.15) is 94.8 Å². The number of aliphatic imine (C=N–C) groups is 6. The number of amidine groups is 6. The zero-order chi connectivity index (χ0) is 48.9. The van der Waals surface area contributed by atoms with Gasteiger partial charge in [0.05, 0.1) is 11.4 Å². The zero-order valence-electron chi connectivity index (χ0n) is 30.3. The standard InChI is InChI=1S/C31H7F18N17/c32-26(33,34)10-11(27(35,36)37)56-21-20(55-10)61-16(62-21)5(2-50)8-1-9(6(3-51)17-63-22-23(64-17)58-13(29(41,42)43)12(57-22)28(38,39)40)54-18(53-8)7(4-52)19-65-24-25(66-19)60-15(31(47,48)49)14(59-24)30(44,45)46/h1H,(H,55,61)(H,56,62)(H,57,63)(H,58,64)(H,59,65)(H,60,66). The molecule has 35 heteroatoms. The summed E-state index contributed by atoms with van der Waals surface area (Å²) in [6.07, 6.45) is -34.4. The number of aromatic nitrogens is 2. The van der Waals surface area contributed by atoms with E-state index in [-0.39, 0.29) is 0 Å². The van der Waals surface area contributed by atoms with Crippen LogP contribution < -0.4 is 31.9 Å². The molecular formula is C31H7F18N17. The molecule has 7 heterocycles. The summed E-state index contributed by atoms with van der Waals surface area (Å²) in [5, 5.41) is 38.8. The maximum absolute atomic E-state index is 13.7. The molecule has 7 rings (SSSR count). The first-order valence-electron chi connectivity index (χ1n) is 16.5. The molecule has 0 atom stereocenters. The summed E-state index contributed by atoms with van der Waals surface area (Å²) in [5.74, 6) is -11.1. The molecule has 0 radical (unpaired) electrons. The fourth-order valence-corrected chi connectivity index (χ4v) is 5.71. The van der Waals surface area contributed by atoms with Crippen LogP contribution in [0.1, 0.15) is 17.2 Å². The van der Waals surface area contributed by atoms with E-state index < -0.39 is 158 Å². The Balaban J connectivity index is 1.43. The number of hydrogen-bond donors (Lipinski definition) is 6. The van der Waals surface area contributed by atoms with Gasteiger partial charge in [-0.15, -0.1) is 0 Å². The summed E-state index contributed by atoms with van der Waals surface area (Å²) in [5.41, 5.74) is -19.9. The van der Waals surface area contributed by atoms with E-state index in [4.69, 9.17) is 0 Å². The Morgan fingerprint density at radius 3 is 0.727 bits per heavy atom. The number of fused-ring (bicyclic) bond motifs is 3. The van der Waals surface area contributed by atoms with E-state index in [0.717, 1.165) is 0 Å². The van der Waals surface area contributed by atoms with Gasteiger partial charge in [0.25, 0.3) is 0 Å². The number of alkyl halides is 18. The molecule has 0 spiro atoms. The van der Waals surface area contributed by atoms with Gasteiger partial charge in [0.2, 0.25) is 0 Å². The number of nitrogens with one attached hydrogen (secondary N) is 6. The first kappa shape index (κ1) is 45.6. The minimum Gasteiger partial charge on any atom is -0.331 e. The predicted octanol–water partition coefficient (Wildman–Crippen LogP) is 5.07. The van der Waals surface area contributed by atoms with Crippen molar-refractivity contribution in [2.24, 2.45) is 30.0 Å². The van der Waals surface area contributed by atoms with Gasteiger partial charge in [0.15, 0.2) is 92.5 Å². The molecule has 17 nitrogen and oxygen atoms in total. The second-order valence-corrected chi connectivity index (χ2v) is 12.6. The van der Waals surface area contributed by atoms with Crippen molar-refractivity contribution in [3.8, 4) is 18.2 Å². The molecule has 0 fully saturated rings. The van der Waals surface area contributed by atoms with E-state index in [0.29, 0.717) is 6.07 Å². The maximum atomic E-state index is 13.7. The van der Waals surface area contributed by atoms with E-state index >= 15 is 0 Å². The molecule has 0 aliphatic carbocycles. The molecule has 0 saturated heterocycles. The summed E-state index contributed by atoms with van der Waals surface area (Å²) in [7, 11) is 0. The van der Waals surface area contributed by atoms with Gasteiger partial charge in [-0.3, -0.25) is 0 Å². The summed E-state index contributed by atoms with van der Waals surface area (Å²) >= 11 is 0. The number of nitrogens with zero attached hydrogens (tertiary/aromatic N) is 11. The Morgan fingerprint density at radius 2 is 0.545 bits per heavy atom. The third-order valence-corrected chi connectivity index (χ3v) is 8.36. The average molecular weight is 959 g/mol. The maximum Gasteiger partial charge on any atom is 0.433 e. The van der Waals surface area contributed by atoms with Crippen LogP contribution >= 0.6 is 0 Å². The summed E-state index contributed by atoms with van der Waals surface area (Å²) in [4.78, 5) is 29.1. The van der Waals surface area contributed by atoms with Crippen LogP contribution in [0.5, 0.6) is 0 Å². The molecule has 0 saturated carbocycles. The highest BCUT2D eigenvalue weighted by Crippen LogP contribution is 2.40. The van der Waals surface area contributed by atoms with Gasteiger partial charge in [0.1, 0.15) is 34.9 Å². The first-order chi connectivity index (χ1) is 30.3. The van der Waals surface area contributed by atoms with Crippen LogP contribution in [0.4, 0.5) is 79.0 Å². The number of nitriles is 3. The van der Waals surface area contributed by atoms with Gasteiger partial charge >= 0.3 is 37.1 Å². The molecule has 66 heavy (non-hydrogen) atoms. The van der Waals surface area contributed by atoms with E-state index in [2.05, 4.69) is 39.9 Å². The second kappa shape index (κ2) is 14.8. The second-order valence-electron chi connectivity index (χ2n) is 12.6. The average Bonchev–Trinajstić information content (AvgIpc) is 3.91. The van der Waals surface area contributed by atoms with E-state index in [1.807, 2.05) is 0 Å². The van der Waals surface area contributed by atoms with Crippen molar-refractivity contribution < 1.29 is 79.0 Å². The van der Waals surface area contributed by atoms with E-state index in [1.54, 1.807) is 0 Å². The van der Waals surface area contributed by atoms with Crippen LogP contribution in [0.15, 0.2) is 87.7 Å². The van der Waals surface area contributed by atoms with E-state index in [1.165, 1.54) is 50.1 Å². The smallest absolute Gasteiger partial charge is 0.331 e. The highest BCUT2D eigenvalue weighted by atomic mass is 19.4. The van der Waals surface area contributed by atoms with Crippen LogP contribution in [-0.2, 0) is 0 Å². The molecule has 0 unspecified atom stereocenters. The molecule has 6 aliphatic heterocycles. The van der Waals surface area contributed by atoms with Crippen molar-refractivity contribution in [1.82, 2.24) is 41.9 Å². The van der Waals surface area contributed by atoms with Crippen LogP contribution in [0.2, 0.25) is 0 Å². The molecule has 1 aromatic rings. The number of hydrogen-bond acceptors (Lipinski definition) is 17. The van der Waals surface area contributed by atoms with Crippen molar-refractivity contribution in [1.29, 1.82) is 15.8 Å². The van der Waals surface area contributed by atoms with Gasteiger partial charge in [-0.05, 0) is 6.07 Å². The van der Waals surface area contributed by atoms with Crippen molar-refractivity contribution in [2.45, 2.75) is 37.1 Å². The number of allylic oxidation sites excluding steroid dienone is 9. The lowest BCUT2D eigenvalue weighted by Crippen LogP contribution is -2.51. The SMILES string of the molecule is N#CC(=C1N=C2NC(C(F)(F)F)=C(C(F)(F)F)NC2=N1)c1cc(C(C#N)=C2N=C3NC(C(F)(F)F)=C(C(F)(F)F)NC3=N2)nc(C(C#N)=C2N=C3NC(C(F)(F)F)=C(C(F)(F)F)NC3=N2)n1. The minimum atomic E-state index is -5.73. The Kier molecular flexibility index (Phi) is 10.2. The topological polar surface area (TPSA) is 243 Å². The zero-order valence-corrected chi connectivity index (χ0v) is 30.3. The lowest BCUT2D eigenvalue weighted by molar-refractivity contribution is -0.120. The van der Waals surface area contributed by atoms with Crippen molar-refractivity contribution in [2.75, 3.05) is 0 Å². The van der Waals surface area contributed by atoms with Crippen LogP contribution in [-0.4, -0.2) is 82.0 Å². The summed E-state index contributed by atoms with van der Waals surface area (Å²) in [6, 6.07) is 4.67. The van der Waals surface area contributed by atoms with Crippen LogP contribution in [0, 0.1) is 34.0 Å². The molecule has 342 valence electrons. The van der Waals surface area contributed by atoms with Gasteiger partial charge in [-0.1, -0.05) is 0 Å². The Hall–Kier alpha value is -8.45. The summed E-state index contributed by atoms with van der Waals surface area (Å²) < 4.78 is 246. The fraction of sp³-hybridized carbons (Fsp3) is 0.194. The molecular weight excluding hydrogens is 952 g/mol. The van der Waals surface area contributed by atoms with Crippen molar-refractivity contribution >= 4 is 51.7 Å². The van der Waals surface area contributed by atoms with Gasteiger partial charge in [0, 0.05) is 0 Å². The highest BCUT2D eigenvalue weighted by Gasteiger charge is 2.53. The highest BCUT2D eigenvalue weighted by molar-refractivity contribution is 6.45. The lowest BCUT2D eigenvalue weighted by atomic mass is 10.1. The van der Waals surface area contributed by atoms with Crippen molar-refractivity contribution in [3.05, 3.63) is 74.9 Å². The van der Waals surface area contributed by atoms with Gasteiger partial charge in [-0.25, -0.2) is 39.9 Å². The first-order valence-corrected chi connectivity index (χ1v) is 16.5. The molecule has 6 aliphatic rings. The van der Waals surface area contributed by atoms with Gasteiger partial charge < -0.3 is 31.9 Å². The number of rotatable bonds is 3. The van der Waals surface area contributed by atoms with Crippen molar-refractivity contribution in [3.63, 3.8) is 0 Å². The van der Waals surface area contributed by atoms with Crippen LogP contribution in [0.3, 0.4) is 0 Å². The quantitative estimate of drug-likeness (QED) is 0.173. The third kappa shape index (κ3) is 8.25. The molecule has 6 N–H and O–H groups in total. The lowest BCUT2D eigenvalue weighted by Gasteiger charge is -2.26. The number of halogens is 18. The Bertz CT molecular complexity index is 2490. The monoisotopic (exact) mass is 959 g/mol. The minimum absolute atomic E-state index is 0.526. The molecule has 0 bridgehead atoms. The normalized spacial score (nSPS) is 18.5. The summed E-state index contributed by atoms with van der Waals surface area (Å²) in [6.45, 7) is 0. The Labute approximate surface area is 348 Å². The molecule has 1 aromatic heterocycles. The fourth-order valence-electron chi connectivity index (χ4n) is 5.71.